The zero-order chi connectivity index (χ0) is 14.1. The smallest absolute Gasteiger partial charge is 0.186 e. The van der Waals surface area contributed by atoms with Gasteiger partial charge in [0, 0.05) is 13.2 Å². The molecule has 0 radical (unpaired) electrons. The molecule has 0 saturated carbocycles. The molecule has 0 spiro atoms. The number of H-pyrrole nitrogens is 1. The molecule has 0 unspecified atom stereocenters. The quantitative estimate of drug-likeness (QED) is 0.751. The molecule has 0 fully saturated rings. The maximum atomic E-state index is 5.90. The first kappa shape index (κ1) is 12.5. The number of nitrogens with two attached hydrogens (primary N) is 1. The molecule has 3 rings (SSSR count). The first-order chi connectivity index (χ1) is 9.74. The van der Waals surface area contributed by atoms with Crippen LogP contribution in [-0.2, 0) is 11.3 Å². The van der Waals surface area contributed by atoms with Crippen molar-refractivity contribution in [2.45, 2.75) is 6.61 Å². The van der Waals surface area contributed by atoms with Gasteiger partial charge in [-0.1, -0.05) is 6.07 Å². The summed E-state index contributed by atoms with van der Waals surface area (Å²) in [5.41, 5.74) is 8.17. The highest BCUT2D eigenvalue weighted by atomic mass is 16.5. The number of aromatic nitrogens is 4. The fourth-order valence-corrected chi connectivity index (χ4v) is 2.16. The third kappa shape index (κ3) is 1.88. The average molecular weight is 273 g/mol. The Bertz CT molecular complexity index is 746. The van der Waals surface area contributed by atoms with E-state index in [0.29, 0.717) is 18.1 Å². The lowest BCUT2D eigenvalue weighted by molar-refractivity contribution is 0.182. The summed E-state index contributed by atoms with van der Waals surface area (Å²) in [5, 5.41) is 12.3. The molecule has 0 amide bonds. The van der Waals surface area contributed by atoms with Gasteiger partial charge in [-0.25, -0.2) is 4.68 Å². The summed E-state index contributed by atoms with van der Waals surface area (Å²) in [6.07, 6.45) is 0. The van der Waals surface area contributed by atoms with E-state index in [1.807, 2.05) is 24.3 Å². The number of rotatable bonds is 4. The maximum Gasteiger partial charge on any atom is 0.186 e. The van der Waals surface area contributed by atoms with E-state index in [1.165, 1.54) is 0 Å². The van der Waals surface area contributed by atoms with Crippen molar-refractivity contribution >= 4 is 16.9 Å². The number of hydrogen-bond donors (Lipinski definition) is 2. The van der Waals surface area contributed by atoms with Gasteiger partial charge in [-0.2, -0.15) is 10.2 Å². The second-order valence-electron chi connectivity index (χ2n) is 4.33. The van der Waals surface area contributed by atoms with E-state index in [-0.39, 0.29) is 0 Å². The second kappa shape index (κ2) is 4.86. The van der Waals surface area contributed by atoms with Gasteiger partial charge in [0.25, 0.3) is 0 Å². The number of methoxy groups -OCH3 is 2. The van der Waals surface area contributed by atoms with Crippen LogP contribution in [0.5, 0.6) is 5.75 Å². The summed E-state index contributed by atoms with van der Waals surface area (Å²) in [7, 11) is 3.24. The largest absolute Gasteiger partial charge is 0.497 e. The van der Waals surface area contributed by atoms with Gasteiger partial charge in [0.1, 0.15) is 17.3 Å². The van der Waals surface area contributed by atoms with Crippen LogP contribution in [0.25, 0.3) is 16.7 Å². The van der Waals surface area contributed by atoms with Crippen molar-refractivity contribution in [1.29, 1.82) is 0 Å². The highest BCUT2D eigenvalue weighted by Crippen LogP contribution is 2.26. The number of anilines is 1. The third-order valence-electron chi connectivity index (χ3n) is 3.06. The molecule has 0 atom stereocenters. The Balaban J connectivity index is 2.20. The molecule has 2 aromatic heterocycles. The molecule has 0 aliphatic heterocycles. The van der Waals surface area contributed by atoms with Gasteiger partial charge in [-0.3, -0.25) is 5.10 Å². The molecule has 2 heterocycles. The van der Waals surface area contributed by atoms with Gasteiger partial charge in [0.05, 0.1) is 24.8 Å². The van der Waals surface area contributed by atoms with Gasteiger partial charge in [-0.05, 0) is 12.1 Å². The highest BCUT2D eigenvalue weighted by molar-refractivity contribution is 5.89. The molecule has 3 aromatic rings. The van der Waals surface area contributed by atoms with Crippen LogP contribution in [0.2, 0.25) is 0 Å². The molecule has 20 heavy (non-hydrogen) atoms. The van der Waals surface area contributed by atoms with Crippen molar-refractivity contribution in [2.75, 3.05) is 20.0 Å². The second-order valence-corrected chi connectivity index (χ2v) is 4.33. The van der Waals surface area contributed by atoms with Gasteiger partial charge >= 0.3 is 0 Å². The zero-order valence-electron chi connectivity index (χ0n) is 11.3. The number of nitrogen functional groups attached to an aromatic ring is 1. The fraction of sp³-hybridized carbons (Fsp3) is 0.231. The van der Waals surface area contributed by atoms with Crippen molar-refractivity contribution < 1.29 is 9.47 Å². The van der Waals surface area contributed by atoms with Crippen molar-refractivity contribution in [3.8, 4) is 11.4 Å². The molecule has 0 aliphatic rings. The van der Waals surface area contributed by atoms with E-state index in [2.05, 4.69) is 15.3 Å². The van der Waals surface area contributed by atoms with E-state index < -0.39 is 0 Å². The SMILES string of the molecule is COCc1nn(-c2cccc(OC)c2)c2n[nH]c(N)c12. The summed E-state index contributed by atoms with van der Waals surface area (Å²) >= 11 is 0. The average Bonchev–Trinajstić information content (AvgIpc) is 3.02. The Morgan fingerprint density at radius 3 is 2.95 bits per heavy atom. The summed E-state index contributed by atoms with van der Waals surface area (Å²) in [6, 6.07) is 7.58. The number of nitrogens with one attached hydrogen (secondary N) is 1. The van der Waals surface area contributed by atoms with Crippen molar-refractivity contribution in [2.24, 2.45) is 0 Å². The van der Waals surface area contributed by atoms with Crippen LogP contribution >= 0.6 is 0 Å². The van der Waals surface area contributed by atoms with Crippen LogP contribution in [0.1, 0.15) is 5.69 Å². The lowest BCUT2D eigenvalue weighted by atomic mass is 10.3. The lowest BCUT2D eigenvalue weighted by Gasteiger charge is -2.04. The van der Waals surface area contributed by atoms with Crippen molar-refractivity contribution in [3.05, 3.63) is 30.0 Å². The van der Waals surface area contributed by atoms with Crippen molar-refractivity contribution in [3.63, 3.8) is 0 Å². The maximum absolute atomic E-state index is 5.90. The topological polar surface area (TPSA) is 91.0 Å². The van der Waals surface area contributed by atoms with Crippen LogP contribution in [-0.4, -0.2) is 34.2 Å². The highest BCUT2D eigenvalue weighted by Gasteiger charge is 2.17. The van der Waals surface area contributed by atoms with Crippen LogP contribution < -0.4 is 10.5 Å². The van der Waals surface area contributed by atoms with Gasteiger partial charge in [0.2, 0.25) is 0 Å². The number of nitrogens with zero attached hydrogens (tertiary/aromatic N) is 3. The van der Waals surface area contributed by atoms with E-state index in [9.17, 15) is 0 Å². The molecule has 7 nitrogen and oxygen atoms in total. The number of fused-ring (bicyclic) bond motifs is 1. The van der Waals surface area contributed by atoms with Gasteiger partial charge in [0.15, 0.2) is 5.65 Å². The molecule has 0 bridgehead atoms. The number of aromatic amines is 1. The summed E-state index contributed by atoms with van der Waals surface area (Å²) in [5.74, 6) is 1.24. The molecule has 7 heteroatoms. The Kier molecular flexibility index (Phi) is 3.03. The number of ether oxygens (including phenoxy) is 2. The summed E-state index contributed by atoms with van der Waals surface area (Å²) in [4.78, 5) is 0. The molecule has 104 valence electrons. The normalized spacial score (nSPS) is 11.1. The molecule has 0 aliphatic carbocycles. The Labute approximate surface area is 115 Å². The monoisotopic (exact) mass is 273 g/mol. The fourth-order valence-electron chi connectivity index (χ4n) is 2.16. The number of benzene rings is 1. The number of hydrogen-bond acceptors (Lipinski definition) is 5. The van der Waals surface area contributed by atoms with E-state index in [4.69, 9.17) is 15.2 Å². The van der Waals surface area contributed by atoms with E-state index in [0.717, 1.165) is 22.5 Å². The Morgan fingerprint density at radius 1 is 1.35 bits per heavy atom. The van der Waals surface area contributed by atoms with Crippen LogP contribution in [0, 0.1) is 0 Å². The minimum Gasteiger partial charge on any atom is -0.497 e. The minimum atomic E-state index is 0.372. The minimum absolute atomic E-state index is 0.372. The lowest BCUT2D eigenvalue weighted by Crippen LogP contribution is -2.00. The summed E-state index contributed by atoms with van der Waals surface area (Å²) in [6.45, 7) is 0.372. The first-order valence-electron chi connectivity index (χ1n) is 6.09. The Morgan fingerprint density at radius 2 is 2.20 bits per heavy atom. The van der Waals surface area contributed by atoms with Crippen LogP contribution in [0.4, 0.5) is 5.82 Å². The van der Waals surface area contributed by atoms with Crippen LogP contribution in [0.3, 0.4) is 0 Å². The molecule has 3 N–H and O–H groups in total. The summed E-state index contributed by atoms with van der Waals surface area (Å²) < 4.78 is 12.1. The van der Waals surface area contributed by atoms with E-state index in [1.54, 1.807) is 18.9 Å². The molecular formula is C13H15N5O2. The molecule has 1 aromatic carbocycles. The first-order valence-corrected chi connectivity index (χ1v) is 6.09. The molecule has 0 saturated heterocycles. The van der Waals surface area contributed by atoms with Crippen LogP contribution in [0.15, 0.2) is 24.3 Å². The molecular weight excluding hydrogens is 258 g/mol. The third-order valence-corrected chi connectivity index (χ3v) is 3.06. The van der Waals surface area contributed by atoms with E-state index >= 15 is 0 Å². The standard InChI is InChI=1S/C13H15N5O2/c1-19-7-10-11-12(14)15-16-13(11)18(17-10)8-4-3-5-9(6-8)20-2/h3-6H,7H2,1-2H3,(H3,14,15,16). The van der Waals surface area contributed by atoms with Crippen molar-refractivity contribution in [1.82, 2.24) is 20.0 Å². The predicted octanol–water partition coefficient (Wildman–Crippen LogP) is 1.49. The van der Waals surface area contributed by atoms with Gasteiger partial charge < -0.3 is 15.2 Å². The predicted molar refractivity (Wildman–Crippen MR) is 74.9 cm³/mol. The van der Waals surface area contributed by atoms with Gasteiger partial charge in [-0.15, -0.1) is 0 Å². The Hall–Kier alpha value is -2.54. The zero-order valence-corrected chi connectivity index (χ0v) is 11.3.